The average molecular weight is 298 g/mol. The lowest BCUT2D eigenvalue weighted by atomic mass is 10.1. The number of aryl methyl sites for hydroxylation is 1. The number of anilines is 2. The van der Waals surface area contributed by atoms with Gasteiger partial charge in [0, 0.05) is 11.7 Å². The van der Waals surface area contributed by atoms with Crippen LogP contribution in [0.15, 0.2) is 36.7 Å². The van der Waals surface area contributed by atoms with Gasteiger partial charge in [-0.2, -0.15) is 0 Å². The first-order valence-electron chi connectivity index (χ1n) is 7.61. The van der Waals surface area contributed by atoms with Crippen LogP contribution < -0.4 is 10.6 Å². The highest BCUT2D eigenvalue weighted by atomic mass is 16.1. The molecule has 2 rings (SSSR count). The van der Waals surface area contributed by atoms with Crippen LogP contribution in [0.25, 0.3) is 0 Å². The van der Waals surface area contributed by atoms with Crippen molar-refractivity contribution < 1.29 is 4.79 Å². The van der Waals surface area contributed by atoms with Crippen molar-refractivity contribution in [3.8, 4) is 0 Å². The van der Waals surface area contributed by atoms with Crippen molar-refractivity contribution in [3.63, 3.8) is 0 Å². The minimum absolute atomic E-state index is 0.247. The van der Waals surface area contributed by atoms with Crippen molar-refractivity contribution >= 4 is 17.4 Å². The highest BCUT2D eigenvalue weighted by molar-refractivity contribution is 6.03. The largest absolute Gasteiger partial charge is 0.366 e. The molecule has 5 nitrogen and oxygen atoms in total. The van der Waals surface area contributed by atoms with Gasteiger partial charge in [-0.3, -0.25) is 4.79 Å². The summed E-state index contributed by atoms with van der Waals surface area (Å²) >= 11 is 0. The first-order chi connectivity index (χ1) is 10.6. The van der Waals surface area contributed by atoms with E-state index in [4.69, 9.17) is 0 Å². The molecule has 1 heterocycles. The third-order valence-corrected chi connectivity index (χ3v) is 3.54. The number of aromatic nitrogens is 2. The Morgan fingerprint density at radius 2 is 1.95 bits per heavy atom. The summed E-state index contributed by atoms with van der Waals surface area (Å²) in [6.07, 6.45) is 4.94. The lowest BCUT2D eigenvalue weighted by Crippen LogP contribution is -2.17. The van der Waals surface area contributed by atoms with Crippen LogP contribution in [0.2, 0.25) is 0 Å². The second kappa shape index (κ2) is 7.54. The van der Waals surface area contributed by atoms with E-state index in [2.05, 4.69) is 41.4 Å². The molecule has 22 heavy (non-hydrogen) atoms. The van der Waals surface area contributed by atoms with Gasteiger partial charge in [0.1, 0.15) is 11.5 Å². The van der Waals surface area contributed by atoms with Gasteiger partial charge in [0.25, 0.3) is 5.91 Å². The normalized spacial score (nSPS) is 11.8. The number of carbonyl (C=O) groups excluding carboxylic acids is 1. The van der Waals surface area contributed by atoms with Crippen molar-refractivity contribution in [1.82, 2.24) is 9.97 Å². The van der Waals surface area contributed by atoms with Gasteiger partial charge in [-0.05, 0) is 31.4 Å². The SMILES string of the molecule is CCc1ccccc1NC(=O)c1cnc(NC(C)CC)cn1. The summed E-state index contributed by atoms with van der Waals surface area (Å²) in [6.45, 7) is 6.22. The number of nitrogens with one attached hydrogen (secondary N) is 2. The number of rotatable bonds is 6. The number of hydrogen-bond donors (Lipinski definition) is 2. The van der Waals surface area contributed by atoms with Gasteiger partial charge >= 0.3 is 0 Å². The van der Waals surface area contributed by atoms with Crippen LogP contribution in [-0.4, -0.2) is 21.9 Å². The average Bonchev–Trinajstić information content (AvgIpc) is 2.55. The Bertz CT molecular complexity index is 625. The van der Waals surface area contributed by atoms with E-state index in [-0.39, 0.29) is 5.91 Å². The standard InChI is InChI=1S/C17H22N4O/c1-4-12(3)20-16-11-18-15(10-19-16)17(22)21-14-9-7-6-8-13(14)5-2/h6-12H,4-5H2,1-3H3,(H,19,20)(H,21,22). The predicted octanol–water partition coefficient (Wildman–Crippen LogP) is 3.50. The Kier molecular flexibility index (Phi) is 5.47. The molecule has 2 aromatic rings. The summed E-state index contributed by atoms with van der Waals surface area (Å²) in [7, 11) is 0. The first-order valence-corrected chi connectivity index (χ1v) is 7.61. The van der Waals surface area contributed by atoms with Crippen molar-refractivity contribution in [2.45, 2.75) is 39.7 Å². The molecule has 0 bridgehead atoms. The second-order valence-electron chi connectivity index (χ2n) is 5.21. The lowest BCUT2D eigenvalue weighted by molar-refractivity contribution is 0.102. The number of nitrogens with zero attached hydrogens (tertiary/aromatic N) is 2. The van der Waals surface area contributed by atoms with E-state index in [1.165, 1.54) is 6.20 Å². The molecule has 0 spiro atoms. The molecule has 0 aliphatic rings. The maximum absolute atomic E-state index is 12.2. The van der Waals surface area contributed by atoms with Gasteiger partial charge in [-0.15, -0.1) is 0 Å². The minimum Gasteiger partial charge on any atom is -0.366 e. The summed E-state index contributed by atoms with van der Waals surface area (Å²) in [5.74, 6) is 0.434. The third-order valence-electron chi connectivity index (χ3n) is 3.54. The molecule has 116 valence electrons. The Balaban J connectivity index is 2.06. The molecule has 0 aliphatic heterocycles. The van der Waals surface area contributed by atoms with Gasteiger partial charge in [0.15, 0.2) is 0 Å². The molecule has 1 aromatic carbocycles. The van der Waals surface area contributed by atoms with E-state index in [1.807, 2.05) is 24.3 Å². The van der Waals surface area contributed by atoms with E-state index >= 15 is 0 Å². The summed E-state index contributed by atoms with van der Waals surface area (Å²) in [5, 5.41) is 6.11. The van der Waals surface area contributed by atoms with Crippen molar-refractivity contribution in [2.24, 2.45) is 0 Å². The van der Waals surface area contributed by atoms with Crippen molar-refractivity contribution in [1.29, 1.82) is 0 Å². The molecule has 1 amide bonds. The quantitative estimate of drug-likeness (QED) is 0.856. The molecular weight excluding hydrogens is 276 g/mol. The molecule has 2 N–H and O–H groups in total. The van der Waals surface area contributed by atoms with Crippen LogP contribution in [0.5, 0.6) is 0 Å². The Morgan fingerprint density at radius 3 is 2.59 bits per heavy atom. The minimum atomic E-state index is -0.247. The maximum atomic E-state index is 12.2. The Morgan fingerprint density at radius 1 is 1.18 bits per heavy atom. The van der Waals surface area contributed by atoms with E-state index in [1.54, 1.807) is 6.20 Å². The van der Waals surface area contributed by atoms with Crippen LogP contribution >= 0.6 is 0 Å². The second-order valence-corrected chi connectivity index (χ2v) is 5.21. The van der Waals surface area contributed by atoms with Crippen LogP contribution in [-0.2, 0) is 6.42 Å². The Labute approximate surface area is 131 Å². The van der Waals surface area contributed by atoms with E-state index in [0.29, 0.717) is 17.6 Å². The van der Waals surface area contributed by atoms with Crippen molar-refractivity contribution in [3.05, 3.63) is 47.9 Å². The molecule has 0 aliphatic carbocycles. The lowest BCUT2D eigenvalue weighted by Gasteiger charge is -2.12. The zero-order valence-electron chi connectivity index (χ0n) is 13.3. The predicted molar refractivity (Wildman–Crippen MR) is 89.2 cm³/mol. The molecule has 1 aromatic heterocycles. The van der Waals surface area contributed by atoms with Gasteiger partial charge < -0.3 is 10.6 Å². The van der Waals surface area contributed by atoms with Crippen LogP contribution in [0.4, 0.5) is 11.5 Å². The van der Waals surface area contributed by atoms with Crippen LogP contribution in [0.1, 0.15) is 43.2 Å². The molecule has 0 radical (unpaired) electrons. The molecule has 0 fully saturated rings. The number of amides is 1. The van der Waals surface area contributed by atoms with Gasteiger partial charge in [-0.25, -0.2) is 9.97 Å². The summed E-state index contributed by atoms with van der Waals surface area (Å²) < 4.78 is 0. The number of benzene rings is 1. The summed E-state index contributed by atoms with van der Waals surface area (Å²) in [4.78, 5) is 20.7. The zero-order valence-corrected chi connectivity index (χ0v) is 13.3. The molecule has 1 unspecified atom stereocenters. The van der Waals surface area contributed by atoms with E-state index in [9.17, 15) is 4.79 Å². The highest BCUT2D eigenvalue weighted by Crippen LogP contribution is 2.16. The van der Waals surface area contributed by atoms with Crippen molar-refractivity contribution in [2.75, 3.05) is 10.6 Å². The zero-order chi connectivity index (χ0) is 15.9. The summed E-state index contributed by atoms with van der Waals surface area (Å²) in [5.41, 5.74) is 2.22. The molecule has 0 saturated heterocycles. The first kappa shape index (κ1) is 15.9. The van der Waals surface area contributed by atoms with Crippen LogP contribution in [0.3, 0.4) is 0 Å². The number of para-hydroxylation sites is 1. The molecular formula is C17H22N4O. The van der Waals surface area contributed by atoms with E-state index < -0.39 is 0 Å². The van der Waals surface area contributed by atoms with Crippen LogP contribution in [0, 0.1) is 0 Å². The molecule has 0 saturated carbocycles. The van der Waals surface area contributed by atoms with E-state index in [0.717, 1.165) is 24.1 Å². The van der Waals surface area contributed by atoms with Gasteiger partial charge in [-0.1, -0.05) is 32.0 Å². The fourth-order valence-electron chi connectivity index (χ4n) is 2.01. The smallest absolute Gasteiger partial charge is 0.275 e. The highest BCUT2D eigenvalue weighted by Gasteiger charge is 2.10. The number of hydrogen-bond acceptors (Lipinski definition) is 4. The monoisotopic (exact) mass is 298 g/mol. The molecule has 1 atom stereocenters. The Hall–Kier alpha value is -2.43. The fourth-order valence-corrected chi connectivity index (χ4v) is 2.01. The molecule has 5 heteroatoms. The topological polar surface area (TPSA) is 66.9 Å². The van der Waals surface area contributed by atoms with Gasteiger partial charge in [0.05, 0.1) is 12.4 Å². The fraction of sp³-hybridized carbons (Fsp3) is 0.353. The summed E-state index contributed by atoms with van der Waals surface area (Å²) in [6, 6.07) is 8.08. The third kappa shape index (κ3) is 4.04. The van der Waals surface area contributed by atoms with Gasteiger partial charge in [0.2, 0.25) is 0 Å². The number of carbonyl (C=O) groups is 1. The maximum Gasteiger partial charge on any atom is 0.275 e.